The van der Waals surface area contributed by atoms with E-state index in [0.29, 0.717) is 43.3 Å². The second-order valence-electron chi connectivity index (χ2n) is 40.5. The fourth-order valence-corrected chi connectivity index (χ4v) is 22.7. The molecule has 143 heavy (non-hydrogen) atoms. The molecule has 5 aliphatic heterocycles. The van der Waals surface area contributed by atoms with Gasteiger partial charge < -0.3 is 59.2 Å². The maximum absolute atomic E-state index is 13.2. The molecule has 0 unspecified atom stereocenters. The molecule has 756 valence electrons. The third-order valence-corrected chi connectivity index (χ3v) is 32.3. The predicted molar refractivity (Wildman–Crippen MR) is 584 cm³/mol. The summed E-state index contributed by atoms with van der Waals surface area (Å²) in [6.07, 6.45) is 18.3. The Labute approximate surface area is 859 Å². The van der Waals surface area contributed by atoms with E-state index in [1.165, 1.54) is 27.8 Å². The van der Waals surface area contributed by atoms with Gasteiger partial charge in [0.05, 0.1) is 60.7 Å². The molecule has 14 aromatic rings. The van der Waals surface area contributed by atoms with Crippen LogP contribution in [0.3, 0.4) is 0 Å². The summed E-state index contributed by atoms with van der Waals surface area (Å²) in [5, 5.41) is 26.4. The number of fused-ring (bicyclic) bond motifs is 4. The van der Waals surface area contributed by atoms with Gasteiger partial charge in [0, 0.05) is 209 Å². The number of likely N-dealkylation sites (N-methyl/N-ethyl adjacent to an activating group) is 6. The summed E-state index contributed by atoms with van der Waals surface area (Å²) in [5.41, 5.74) is 17.8. The molecule has 0 bridgehead atoms. The third-order valence-electron chi connectivity index (χ3n) is 28.3. The summed E-state index contributed by atoms with van der Waals surface area (Å²) in [6.45, 7) is 41.1. The average Bonchev–Trinajstić information content (AvgIpc) is 1.65. The smallest absolute Gasteiger partial charge is 0.225 e. The van der Waals surface area contributed by atoms with Gasteiger partial charge in [-0.2, -0.15) is 0 Å². The van der Waals surface area contributed by atoms with E-state index >= 15 is 0 Å². The van der Waals surface area contributed by atoms with Gasteiger partial charge in [-0.15, -0.1) is 20.4 Å². The number of piperazine rings is 1. The van der Waals surface area contributed by atoms with Gasteiger partial charge in [0.1, 0.15) is 0 Å². The molecule has 19 rings (SSSR count). The van der Waals surface area contributed by atoms with Gasteiger partial charge in [-0.25, -0.2) is 38.0 Å². The fourth-order valence-electron chi connectivity index (χ4n) is 18.9. The molecule has 5 aliphatic rings. The van der Waals surface area contributed by atoms with Crippen molar-refractivity contribution in [3.05, 3.63) is 235 Å². The molecule has 29 nitrogen and oxygen atoms in total. The van der Waals surface area contributed by atoms with Crippen LogP contribution in [0.4, 0.5) is 20.5 Å². The predicted octanol–water partition coefficient (Wildman–Crippen LogP) is 18.3. The molecule has 5 aromatic carbocycles. The highest BCUT2D eigenvalue weighted by Gasteiger charge is 2.35. The van der Waals surface area contributed by atoms with Crippen LogP contribution in [0.5, 0.6) is 0 Å². The Morgan fingerprint density at radius 1 is 0.371 bits per heavy atom. The van der Waals surface area contributed by atoms with Crippen LogP contribution in [0.15, 0.2) is 201 Å². The van der Waals surface area contributed by atoms with E-state index in [-0.39, 0.29) is 47.3 Å². The van der Waals surface area contributed by atoms with Crippen molar-refractivity contribution in [1.82, 2.24) is 103 Å². The number of aromatic nitrogens is 13. The number of anilines is 4. The van der Waals surface area contributed by atoms with Gasteiger partial charge in [-0.1, -0.05) is 247 Å². The first-order valence-corrected chi connectivity index (χ1v) is 54.2. The molecule has 0 spiro atoms. The minimum Gasteiger partial charge on any atom is -0.386 e. The number of nitrogens with one attached hydrogen (secondary N) is 1. The molecule has 1 N–H and O–H groups in total. The third kappa shape index (κ3) is 26.7. The highest BCUT2D eigenvalue weighted by atomic mass is 32.1. The summed E-state index contributed by atoms with van der Waals surface area (Å²) >= 11 is 6.46. The Hall–Kier alpha value is -12.3. The van der Waals surface area contributed by atoms with Crippen LogP contribution in [-0.2, 0) is 32.0 Å². The first kappa shape index (κ1) is 104. The van der Waals surface area contributed by atoms with Crippen LogP contribution in [-0.4, -0.2) is 288 Å². The number of amides is 4. The Kier molecular flexibility index (Phi) is 34.7. The zero-order chi connectivity index (χ0) is 101. The van der Waals surface area contributed by atoms with Gasteiger partial charge >= 0.3 is 0 Å². The van der Waals surface area contributed by atoms with Crippen LogP contribution in [0, 0.1) is 23.7 Å². The number of hydrogen-bond donors (Lipinski definition) is 1. The number of piperidine rings is 4. The van der Waals surface area contributed by atoms with E-state index in [9.17, 15) is 19.2 Å². The Balaban J connectivity index is 0.000000137. The van der Waals surface area contributed by atoms with E-state index in [0.717, 1.165) is 265 Å². The maximum Gasteiger partial charge on any atom is 0.225 e. The summed E-state index contributed by atoms with van der Waals surface area (Å²) in [4.78, 5) is 103. The number of carbonyl (C=O) groups is 4. The van der Waals surface area contributed by atoms with Crippen molar-refractivity contribution in [2.45, 2.75) is 143 Å². The minimum absolute atomic E-state index is 0.0466. The first-order chi connectivity index (χ1) is 68.9. The highest BCUT2D eigenvalue weighted by molar-refractivity contribution is 7.21. The van der Waals surface area contributed by atoms with Crippen molar-refractivity contribution in [1.29, 1.82) is 0 Å². The van der Waals surface area contributed by atoms with Crippen molar-refractivity contribution >= 4 is 109 Å². The van der Waals surface area contributed by atoms with E-state index < -0.39 is 0 Å². The lowest BCUT2D eigenvalue weighted by Crippen LogP contribution is -2.47. The van der Waals surface area contributed by atoms with Crippen molar-refractivity contribution in [3.63, 3.8) is 0 Å². The Morgan fingerprint density at radius 2 is 0.678 bits per heavy atom. The lowest BCUT2D eigenvalue weighted by Gasteiger charge is -2.37. The average molecular weight is 2010 g/mol. The molecule has 0 saturated carbocycles. The minimum atomic E-state index is 0.0466. The number of benzene rings is 5. The second kappa shape index (κ2) is 48.0. The number of pyridine rings is 1. The zero-order valence-corrected chi connectivity index (χ0v) is 89.3. The largest absolute Gasteiger partial charge is 0.386 e. The molecule has 0 radical (unpaired) electrons. The van der Waals surface area contributed by atoms with Gasteiger partial charge in [-0.3, -0.25) is 24.2 Å². The van der Waals surface area contributed by atoms with Crippen molar-refractivity contribution < 1.29 is 19.2 Å². The topological polar surface area (TPSA) is 250 Å². The number of carbonyl (C=O) groups excluding carboxylic acids is 4. The summed E-state index contributed by atoms with van der Waals surface area (Å²) in [5.74, 6) is 3.29. The SMILES string of the molecule is C=C(CN(C)C(=O)C1CCN(c2nn3cc(-c4ccc(C(C)C)cc4)nc3s2)CC1)N1CCN(C)CC1.C=C(CN(C)C(=O)C1CCN(c2nn3cc(-c4ccc(C(C)C)cc4)nc3s2)CC1)NCCN(C)C.CC(C)c1ccc(-c2cn3nc(N4CCC(C(=O)N(C)CCc5ccccc5)CC4)sc3n2)cc1.CC(C)c1ccc(-c2cn3nc(N4CCC(C(=O)N(C)CCc5ccccn5)CC4)sc3n2)cc1. The van der Waals surface area contributed by atoms with Gasteiger partial charge in [0.15, 0.2) is 0 Å². The van der Waals surface area contributed by atoms with Crippen LogP contribution in [0.2, 0.25) is 0 Å². The first-order valence-electron chi connectivity index (χ1n) is 50.9. The Bertz CT molecular complexity index is 6190. The summed E-state index contributed by atoms with van der Waals surface area (Å²) in [6, 6.07) is 50.8. The van der Waals surface area contributed by atoms with Crippen LogP contribution in [0.25, 0.3) is 64.9 Å². The Morgan fingerprint density at radius 3 is 0.979 bits per heavy atom. The van der Waals surface area contributed by atoms with E-state index in [4.69, 9.17) is 40.3 Å². The lowest BCUT2D eigenvalue weighted by molar-refractivity contribution is -0.135. The molecular formula is C110H143N25O4S4. The molecule has 14 heterocycles. The second-order valence-corrected chi connectivity index (χ2v) is 44.2. The number of nitrogens with zero attached hydrogens (tertiary/aromatic N) is 24. The molecule has 9 aromatic heterocycles. The molecule has 4 amide bonds. The normalized spacial score (nSPS) is 15.5. The van der Waals surface area contributed by atoms with E-state index in [1.54, 1.807) is 56.4 Å². The molecule has 5 fully saturated rings. The van der Waals surface area contributed by atoms with E-state index in [2.05, 4.69) is 229 Å². The van der Waals surface area contributed by atoms with Crippen molar-refractivity contribution in [2.24, 2.45) is 23.7 Å². The van der Waals surface area contributed by atoms with Gasteiger partial charge in [0.25, 0.3) is 0 Å². The molecular weight excluding hydrogens is 1860 g/mol. The molecule has 33 heteroatoms. The summed E-state index contributed by atoms with van der Waals surface area (Å²) < 4.78 is 7.54. The molecule has 0 atom stereocenters. The quantitative estimate of drug-likeness (QED) is 0.0424. The van der Waals surface area contributed by atoms with Crippen molar-refractivity contribution in [2.75, 3.05) is 187 Å². The zero-order valence-electron chi connectivity index (χ0n) is 86.1. The van der Waals surface area contributed by atoms with Crippen LogP contribution >= 0.6 is 45.3 Å². The number of hydrogen-bond acceptors (Lipinski definition) is 25. The van der Waals surface area contributed by atoms with Crippen LogP contribution in [0.1, 0.15) is 164 Å². The standard InChI is InChI=1S/C28H39N7OS.C28H33N5OS.C27H39N7OS.C27H32N6OS/c1-20(2)22-6-8-23(9-7-22)25-19-35-27(29-25)37-28(30-35)34-12-10-24(11-13-34)26(36)32(5)18-21(3)33-16-14-31(4)15-17-33;1-20(2)22-9-11-23(12-10-22)25-19-33-27(29-25)35-28(30-33)32-17-14-24(15-18-32)26(34)31(3)16-13-21-7-5-4-6-8-21;1-19(2)21-7-9-22(10-8-21)24-18-34-26(29-24)36-27(30-34)33-14-11-23(12-15-33)25(35)32(6)17-20(3)28-13-16-31(4)5;1-19(2)20-7-9-21(10-8-20)24-18-33-26(29-24)35-27(30-33)32-16-11-22(12-17-32)25(34)31(3)15-13-23-6-4-5-14-28-23/h6-9,19-20,24H,3,10-18H2,1-2,4-5H3;4-12,19-20,24H,13-18H2,1-3H3;7-10,18-19,23,28H,3,11-17H2,1-2,4-6H3;4-10,14,18-19,22H,11-13,15-17H2,1-3H3. The lowest BCUT2D eigenvalue weighted by atomic mass is 9.95. The number of imidazole rings is 4. The van der Waals surface area contributed by atoms with Gasteiger partial charge in [-0.05, 0) is 143 Å². The van der Waals surface area contributed by atoms with Gasteiger partial charge in [0.2, 0.25) is 64.0 Å². The van der Waals surface area contributed by atoms with Crippen molar-refractivity contribution in [3.8, 4) is 45.0 Å². The maximum atomic E-state index is 13.2. The monoisotopic (exact) mass is 2010 g/mol. The molecule has 0 aliphatic carbocycles. The highest BCUT2D eigenvalue weighted by Crippen LogP contribution is 2.38. The number of rotatable bonds is 31. The van der Waals surface area contributed by atoms with Crippen LogP contribution < -0.4 is 24.9 Å². The molecule has 5 saturated heterocycles. The summed E-state index contributed by atoms with van der Waals surface area (Å²) in [7, 11) is 13.9. The fraction of sp³-hybridized carbons (Fsp3) is 0.464. The van der Waals surface area contributed by atoms with E-state index in [1.807, 2.05) is 136 Å².